The van der Waals surface area contributed by atoms with Gasteiger partial charge in [-0.25, -0.2) is 0 Å². The van der Waals surface area contributed by atoms with Crippen molar-refractivity contribution in [2.24, 2.45) is 0 Å². The minimum Gasteiger partial charge on any atom is -0.387 e. The molecule has 5 heteroatoms. The molecule has 88 valence electrons. The number of likely N-dealkylation sites (tertiary alicyclic amines) is 1. The number of likely N-dealkylation sites (N-methyl/N-ethyl adjacent to an activating group) is 1. The number of rotatable bonds is 4. The van der Waals surface area contributed by atoms with Gasteiger partial charge in [-0.2, -0.15) is 0 Å². The van der Waals surface area contributed by atoms with Crippen LogP contribution in [0.3, 0.4) is 0 Å². The molecule has 2 unspecified atom stereocenters. The molecule has 0 bridgehead atoms. The molecule has 1 saturated heterocycles. The van der Waals surface area contributed by atoms with Gasteiger partial charge >= 0.3 is 0 Å². The summed E-state index contributed by atoms with van der Waals surface area (Å²) in [5.74, 6) is 0.0917. The summed E-state index contributed by atoms with van der Waals surface area (Å²) in [5.41, 5.74) is -0.837. The molecule has 0 aromatic rings. The Labute approximate surface area is 99.4 Å². The molecule has 2 atom stereocenters. The van der Waals surface area contributed by atoms with Crippen molar-refractivity contribution in [3.63, 3.8) is 0 Å². The van der Waals surface area contributed by atoms with E-state index in [4.69, 9.17) is 0 Å². The maximum Gasteiger partial charge on any atom is 0.236 e. The lowest BCUT2D eigenvalue weighted by molar-refractivity contribution is -0.130. The first kappa shape index (κ1) is 12.9. The molecule has 0 radical (unpaired) electrons. The minimum atomic E-state index is -0.837. The van der Waals surface area contributed by atoms with Gasteiger partial charge < -0.3 is 14.9 Å². The van der Waals surface area contributed by atoms with Gasteiger partial charge in [0.05, 0.1) is 17.0 Å². The number of carbonyl (C=O) groups is 1. The highest BCUT2D eigenvalue weighted by molar-refractivity contribution is 9.10. The summed E-state index contributed by atoms with van der Waals surface area (Å²) in [6.45, 7) is 3.47. The molecule has 0 spiro atoms. The van der Waals surface area contributed by atoms with Crippen LogP contribution in [0.1, 0.15) is 13.3 Å². The lowest BCUT2D eigenvalue weighted by Crippen LogP contribution is -2.48. The Balaban J connectivity index is 2.50. The molecule has 1 rings (SSSR count). The van der Waals surface area contributed by atoms with Crippen LogP contribution in [0.4, 0.5) is 0 Å². The van der Waals surface area contributed by atoms with E-state index >= 15 is 0 Å². The molecular formula is C10H19BrN2O2. The average Bonchev–Trinajstić information content (AvgIpc) is 2.33. The molecule has 1 aliphatic rings. The Bertz CT molecular complexity index is 244. The third-order valence-corrected chi connectivity index (χ3v) is 3.27. The Kier molecular flexibility index (Phi) is 4.14. The third kappa shape index (κ3) is 3.74. The van der Waals surface area contributed by atoms with Crippen molar-refractivity contribution in [2.45, 2.75) is 23.8 Å². The maximum absolute atomic E-state index is 11.6. The third-order valence-electron chi connectivity index (χ3n) is 2.42. The van der Waals surface area contributed by atoms with Gasteiger partial charge in [-0.15, -0.1) is 0 Å². The van der Waals surface area contributed by atoms with Crippen LogP contribution in [0.15, 0.2) is 0 Å². The number of carbonyl (C=O) groups excluding carboxylic acids is 1. The summed E-state index contributed by atoms with van der Waals surface area (Å²) in [7, 11) is 3.82. The molecule has 0 aliphatic carbocycles. The van der Waals surface area contributed by atoms with Crippen LogP contribution in [0, 0.1) is 0 Å². The van der Waals surface area contributed by atoms with Gasteiger partial charge in [0.2, 0.25) is 5.91 Å². The molecule has 0 aromatic heterocycles. The Hall–Kier alpha value is -0.130. The topological polar surface area (TPSA) is 43.8 Å². The van der Waals surface area contributed by atoms with E-state index in [0.717, 1.165) is 13.0 Å². The second-order valence-corrected chi connectivity index (χ2v) is 5.86. The summed E-state index contributed by atoms with van der Waals surface area (Å²) in [6, 6.07) is 0. The summed E-state index contributed by atoms with van der Waals surface area (Å²) in [6.07, 6.45) is 0.830. The molecule has 1 fully saturated rings. The van der Waals surface area contributed by atoms with Crippen LogP contribution in [-0.2, 0) is 4.79 Å². The molecule has 1 aliphatic heterocycles. The molecule has 15 heavy (non-hydrogen) atoms. The quantitative estimate of drug-likeness (QED) is 0.753. The van der Waals surface area contributed by atoms with E-state index < -0.39 is 5.60 Å². The largest absolute Gasteiger partial charge is 0.387 e. The number of nitrogens with zero attached hydrogens (tertiary/aromatic N) is 2. The summed E-state index contributed by atoms with van der Waals surface area (Å²) < 4.78 is 0. The van der Waals surface area contributed by atoms with E-state index in [2.05, 4.69) is 15.9 Å². The first-order valence-electron chi connectivity index (χ1n) is 5.12. The molecule has 1 heterocycles. The lowest BCUT2D eigenvalue weighted by atomic mass is 10.1. The first-order chi connectivity index (χ1) is 6.82. The van der Waals surface area contributed by atoms with Gasteiger partial charge in [-0.3, -0.25) is 4.79 Å². The molecule has 4 nitrogen and oxygen atoms in total. The minimum absolute atomic E-state index is 0.0624. The fourth-order valence-corrected chi connectivity index (χ4v) is 2.49. The Morgan fingerprint density at radius 2 is 2.27 bits per heavy atom. The molecule has 0 saturated carbocycles. The highest BCUT2D eigenvalue weighted by atomic mass is 79.9. The number of hydrogen-bond donors (Lipinski definition) is 1. The first-order valence-corrected chi connectivity index (χ1v) is 6.03. The number of halogens is 1. The van der Waals surface area contributed by atoms with Crippen LogP contribution in [0.25, 0.3) is 0 Å². The van der Waals surface area contributed by atoms with E-state index in [9.17, 15) is 9.90 Å². The number of amides is 1. The SMILES string of the molecule is CN(C)CC(C)(O)CN1CCC(Br)C1=O. The normalized spacial score (nSPS) is 26.1. The number of alkyl halides is 1. The van der Waals surface area contributed by atoms with Crippen molar-refractivity contribution in [3.8, 4) is 0 Å². The number of β-amino-alcohol motifs (C(OH)–C–C–N with tert-alkyl or cyclic N) is 1. The van der Waals surface area contributed by atoms with E-state index in [-0.39, 0.29) is 10.7 Å². The van der Waals surface area contributed by atoms with Crippen molar-refractivity contribution < 1.29 is 9.90 Å². The van der Waals surface area contributed by atoms with Gasteiger partial charge in [0.15, 0.2) is 0 Å². The van der Waals surface area contributed by atoms with Gasteiger partial charge in [0.25, 0.3) is 0 Å². The van der Waals surface area contributed by atoms with Crippen LogP contribution < -0.4 is 0 Å². The maximum atomic E-state index is 11.6. The van der Waals surface area contributed by atoms with Crippen molar-refractivity contribution in [1.29, 1.82) is 0 Å². The smallest absolute Gasteiger partial charge is 0.236 e. The standard InChI is InChI=1S/C10H19BrN2O2/c1-10(15,6-12(2)3)7-13-5-4-8(11)9(13)14/h8,15H,4-7H2,1-3H3. The van der Waals surface area contributed by atoms with E-state index in [1.165, 1.54) is 0 Å². The van der Waals surface area contributed by atoms with Crippen LogP contribution in [0.5, 0.6) is 0 Å². The van der Waals surface area contributed by atoms with Gasteiger partial charge in [0.1, 0.15) is 0 Å². The molecule has 0 aromatic carbocycles. The van der Waals surface area contributed by atoms with Gasteiger partial charge in [0, 0.05) is 13.1 Å². The summed E-state index contributed by atoms with van der Waals surface area (Å²) in [4.78, 5) is 15.2. The van der Waals surface area contributed by atoms with Crippen LogP contribution >= 0.6 is 15.9 Å². The van der Waals surface area contributed by atoms with Crippen LogP contribution in [0.2, 0.25) is 0 Å². The van der Waals surface area contributed by atoms with Gasteiger partial charge in [-0.05, 0) is 27.4 Å². The monoisotopic (exact) mass is 278 g/mol. The number of hydrogen-bond acceptors (Lipinski definition) is 3. The summed E-state index contributed by atoms with van der Waals surface area (Å²) in [5, 5.41) is 10.1. The zero-order chi connectivity index (χ0) is 11.6. The fraction of sp³-hybridized carbons (Fsp3) is 0.900. The van der Waals surface area contributed by atoms with E-state index in [0.29, 0.717) is 13.1 Å². The second-order valence-electron chi connectivity index (χ2n) is 4.75. The van der Waals surface area contributed by atoms with Crippen molar-refractivity contribution >= 4 is 21.8 Å². The zero-order valence-electron chi connectivity index (χ0n) is 9.53. The molecule has 1 amide bonds. The highest BCUT2D eigenvalue weighted by Gasteiger charge is 2.34. The van der Waals surface area contributed by atoms with Crippen molar-refractivity contribution in [1.82, 2.24) is 9.80 Å². The van der Waals surface area contributed by atoms with Crippen LogP contribution in [-0.4, -0.2) is 65.0 Å². The van der Waals surface area contributed by atoms with E-state index in [1.807, 2.05) is 19.0 Å². The molecular weight excluding hydrogens is 260 g/mol. The predicted octanol–water partition coefficient (Wildman–Crippen LogP) is 0.295. The van der Waals surface area contributed by atoms with Crippen molar-refractivity contribution in [2.75, 3.05) is 33.7 Å². The fourth-order valence-electron chi connectivity index (χ4n) is 2.00. The zero-order valence-corrected chi connectivity index (χ0v) is 11.1. The lowest BCUT2D eigenvalue weighted by Gasteiger charge is -2.31. The number of aliphatic hydroxyl groups is 1. The highest BCUT2D eigenvalue weighted by Crippen LogP contribution is 2.20. The summed E-state index contributed by atoms with van der Waals surface area (Å²) >= 11 is 3.32. The average molecular weight is 279 g/mol. The van der Waals surface area contributed by atoms with Crippen molar-refractivity contribution in [3.05, 3.63) is 0 Å². The second kappa shape index (κ2) is 4.80. The predicted molar refractivity (Wildman–Crippen MR) is 63.1 cm³/mol. The molecule has 1 N–H and O–H groups in total. The van der Waals surface area contributed by atoms with E-state index in [1.54, 1.807) is 11.8 Å². The Morgan fingerprint density at radius 3 is 2.67 bits per heavy atom. The van der Waals surface area contributed by atoms with Gasteiger partial charge in [-0.1, -0.05) is 15.9 Å². The Morgan fingerprint density at radius 1 is 1.67 bits per heavy atom.